The van der Waals surface area contributed by atoms with Gasteiger partial charge in [-0.15, -0.1) is 0 Å². The highest BCUT2D eigenvalue weighted by Crippen LogP contribution is 2.43. The molecule has 10 nitrogen and oxygen atoms in total. The second-order valence-electron chi connectivity index (χ2n) is 8.61. The SMILES string of the molecule is COc1ccc(C2=C(c3cc(OC)c(OC)c(OC)c3)N=NC2)cc1NC(=O)C([NH3+])Cc1ccc(O)cc1.[Cl-]. The van der Waals surface area contributed by atoms with E-state index in [4.69, 9.17) is 18.9 Å². The maximum atomic E-state index is 13.0. The molecular weight excluding hydrogens is 524 g/mol. The molecule has 1 atom stereocenters. The Bertz CT molecular complexity index is 1370. The van der Waals surface area contributed by atoms with Gasteiger partial charge < -0.3 is 47.5 Å². The first-order valence-electron chi connectivity index (χ1n) is 11.9. The van der Waals surface area contributed by atoms with E-state index >= 15 is 0 Å². The average molecular weight is 555 g/mol. The van der Waals surface area contributed by atoms with Gasteiger partial charge in [-0.1, -0.05) is 18.2 Å². The number of hydrogen-bond donors (Lipinski definition) is 3. The number of phenolic OH excluding ortho intramolecular Hbond substituents is 1. The van der Waals surface area contributed by atoms with Gasteiger partial charge in [-0.25, -0.2) is 0 Å². The van der Waals surface area contributed by atoms with Crippen LogP contribution in [0.5, 0.6) is 28.7 Å². The number of carbonyl (C=O) groups excluding carboxylic acids is 1. The maximum Gasteiger partial charge on any atom is 0.282 e. The number of carbonyl (C=O) groups is 1. The Hall–Kier alpha value is -4.28. The van der Waals surface area contributed by atoms with Crippen LogP contribution in [0.15, 0.2) is 64.8 Å². The number of methoxy groups -OCH3 is 4. The number of ether oxygens (including phenoxy) is 4. The summed E-state index contributed by atoms with van der Waals surface area (Å²) in [5.74, 6) is 1.93. The number of phenols is 1. The number of azo groups is 1. The summed E-state index contributed by atoms with van der Waals surface area (Å²) in [6.07, 6.45) is 0.419. The maximum absolute atomic E-state index is 13.0. The smallest absolute Gasteiger partial charge is 0.282 e. The molecule has 4 rings (SSSR count). The van der Waals surface area contributed by atoms with E-state index in [1.165, 1.54) is 0 Å². The predicted molar refractivity (Wildman–Crippen MR) is 143 cm³/mol. The van der Waals surface area contributed by atoms with Crippen molar-refractivity contribution in [2.24, 2.45) is 10.2 Å². The number of hydrogen-bond acceptors (Lipinski definition) is 8. The van der Waals surface area contributed by atoms with Crippen molar-refractivity contribution in [2.45, 2.75) is 12.5 Å². The molecule has 1 aliphatic rings. The molecule has 0 radical (unpaired) electrons. The zero-order valence-electron chi connectivity index (χ0n) is 22.2. The van der Waals surface area contributed by atoms with Crippen molar-refractivity contribution in [3.63, 3.8) is 0 Å². The summed E-state index contributed by atoms with van der Waals surface area (Å²) in [6.45, 7) is 0.366. The van der Waals surface area contributed by atoms with Crippen LogP contribution in [0.25, 0.3) is 11.3 Å². The second-order valence-corrected chi connectivity index (χ2v) is 8.61. The summed E-state index contributed by atoms with van der Waals surface area (Å²) in [6, 6.07) is 15.3. The lowest BCUT2D eigenvalue weighted by Crippen LogP contribution is -3.00. The van der Waals surface area contributed by atoms with Crippen LogP contribution < -0.4 is 42.4 Å². The topological polar surface area (TPSA) is 139 Å². The number of rotatable bonds is 10. The van der Waals surface area contributed by atoms with Crippen LogP contribution in [-0.4, -0.2) is 52.0 Å². The molecule has 3 aromatic rings. The molecular formula is C28H31ClN4O6. The minimum Gasteiger partial charge on any atom is -1.00 e. The standard InChI is InChI=1S/C28H30N4O6.ClH/c1-35-23-10-7-17(12-22(23)31-28(34)21(29)11-16-5-8-19(33)9-6-16)20-15-30-32-26(20)18-13-24(36-2)27(38-4)25(14-18)37-3;/h5-10,12-14,21,33H,11,15,29H2,1-4H3,(H,31,34);1H. The van der Waals surface area contributed by atoms with E-state index < -0.39 is 6.04 Å². The van der Waals surface area contributed by atoms with E-state index in [0.717, 1.165) is 22.3 Å². The molecule has 0 aromatic heterocycles. The lowest BCUT2D eigenvalue weighted by atomic mass is 9.99. The third-order valence-electron chi connectivity index (χ3n) is 6.22. The fraction of sp³-hybridized carbons (Fsp3) is 0.250. The van der Waals surface area contributed by atoms with E-state index in [9.17, 15) is 9.90 Å². The fourth-order valence-electron chi connectivity index (χ4n) is 4.23. The van der Waals surface area contributed by atoms with E-state index in [-0.39, 0.29) is 24.1 Å². The number of aromatic hydroxyl groups is 1. The molecule has 1 amide bonds. The Morgan fingerprint density at radius 3 is 2.15 bits per heavy atom. The first kappa shape index (κ1) is 29.3. The van der Waals surface area contributed by atoms with Gasteiger partial charge in [0.05, 0.1) is 46.4 Å². The Labute approximate surface area is 232 Å². The van der Waals surface area contributed by atoms with Crippen LogP contribution in [0.3, 0.4) is 0 Å². The Morgan fingerprint density at radius 2 is 1.56 bits per heavy atom. The molecule has 0 spiro atoms. The van der Waals surface area contributed by atoms with Crippen molar-refractivity contribution in [2.75, 3.05) is 40.3 Å². The molecule has 0 aliphatic carbocycles. The number of halogens is 1. The Balaban J connectivity index is 0.00000420. The fourth-order valence-corrected chi connectivity index (χ4v) is 4.23. The molecule has 0 saturated carbocycles. The van der Waals surface area contributed by atoms with Gasteiger partial charge in [0.1, 0.15) is 11.5 Å². The highest BCUT2D eigenvalue weighted by molar-refractivity contribution is 5.98. The van der Waals surface area contributed by atoms with Gasteiger partial charge in [-0.2, -0.15) is 10.2 Å². The van der Waals surface area contributed by atoms with E-state index in [1.54, 1.807) is 58.8 Å². The molecule has 0 fully saturated rings. The first-order chi connectivity index (χ1) is 18.4. The van der Waals surface area contributed by atoms with E-state index in [0.29, 0.717) is 47.3 Å². The van der Waals surface area contributed by atoms with Crippen LogP contribution in [0.2, 0.25) is 0 Å². The summed E-state index contributed by atoms with van der Waals surface area (Å²) in [7, 11) is 6.21. The number of quaternary nitrogens is 1. The van der Waals surface area contributed by atoms with Crippen molar-refractivity contribution in [3.8, 4) is 28.7 Å². The Morgan fingerprint density at radius 1 is 0.923 bits per heavy atom. The summed E-state index contributed by atoms with van der Waals surface area (Å²) in [4.78, 5) is 13.0. The molecule has 11 heteroatoms. The van der Waals surface area contributed by atoms with Gasteiger partial charge in [-0.3, -0.25) is 4.79 Å². The van der Waals surface area contributed by atoms with Crippen molar-refractivity contribution < 1.29 is 47.0 Å². The summed E-state index contributed by atoms with van der Waals surface area (Å²) >= 11 is 0. The second kappa shape index (κ2) is 13.0. The molecule has 39 heavy (non-hydrogen) atoms. The molecule has 1 heterocycles. The highest BCUT2D eigenvalue weighted by Gasteiger charge is 2.23. The van der Waals surface area contributed by atoms with Crippen molar-refractivity contribution in [1.29, 1.82) is 0 Å². The molecule has 206 valence electrons. The zero-order valence-corrected chi connectivity index (χ0v) is 22.9. The summed E-state index contributed by atoms with van der Waals surface area (Å²) < 4.78 is 21.9. The van der Waals surface area contributed by atoms with Gasteiger partial charge in [-0.05, 0) is 47.5 Å². The molecule has 0 saturated heterocycles. The molecule has 1 unspecified atom stereocenters. The van der Waals surface area contributed by atoms with Gasteiger partial charge >= 0.3 is 0 Å². The molecule has 3 aromatic carbocycles. The van der Waals surface area contributed by atoms with Gasteiger partial charge in [0.25, 0.3) is 5.91 Å². The van der Waals surface area contributed by atoms with Crippen molar-refractivity contribution in [1.82, 2.24) is 0 Å². The number of nitrogens with one attached hydrogen (secondary N) is 1. The average Bonchev–Trinajstić information content (AvgIpc) is 3.43. The third kappa shape index (κ3) is 6.42. The number of benzene rings is 3. The number of amides is 1. The van der Waals surface area contributed by atoms with Gasteiger partial charge in [0.15, 0.2) is 17.5 Å². The summed E-state index contributed by atoms with van der Waals surface area (Å²) in [5.41, 5.74) is 8.54. The lowest BCUT2D eigenvalue weighted by Gasteiger charge is -2.16. The minimum atomic E-state index is -0.557. The normalized spacial score (nSPS) is 12.9. The predicted octanol–water partition coefficient (Wildman–Crippen LogP) is 0.556. The molecule has 0 bridgehead atoms. The van der Waals surface area contributed by atoms with Gasteiger partial charge in [0, 0.05) is 17.6 Å². The van der Waals surface area contributed by atoms with Crippen molar-refractivity contribution in [3.05, 3.63) is 71.3 Å². The number of nitrogens with zero attached hydrogens (tertiary/aromatic N) is 2. The highest BCUT2D eigenvalue weighted by atomic mass is 35.5. The van der Waals surface area contributed by atoms with Gasteiger partial charge in [0.2, 0.25) is 5.75 Å². The minimum absolute atomic E-state index is 0. The first-order valence-corrected chi connectivity index (χ1v) is 11.9. The van der Waals surface area contributed by atoms with Crippen LogP contribution in [-0.2, 0) is 11.2 Å². The third-order valence-corrected chi connectivity index (χ3v) is 6.22. The lowest BCUT2D eigenvalue weighted by molar-refractivity contribution is -0.402. The van der Waals surface area contributed by atoms with Crippen LogP contribution in [0, 0.1) is 0 Å². The van der Waals surface area contributed by atoms with Crippen LogP contribution in [0.4, 0.5) is 5.69 Å². The van der Waals surface area contributed by atoms with Crippen molar-refractivity contribution >= 4 is 22.9 Å². The summed E-state index contributed by atoms with van der Waals surface area (Å²) in [5, 5.41) is 21.1. The largest absolute Gasteiger partial charge is 1.00 e. The Kier molecular flexibility index (Phi) is 9.75. The van der Waals surface area contributed by atoms with Crippen LogP contribution in [0.1, 0.15) is 16.7 Å². The monoisotopic (exact) mass is 554 g/mol. The van der Waals surface area contributed by atoms with E-state index in [2.05, 4.69) is 21.3 Å². The van der Waals surface area contributed by atoms with E-state index in [1.807, 2.05) is 24.3 Å². The number of anilines is 1. The van der Waals surface area contributed by atoms with Crippen LogP contribution >= 0.6 is 0 Å². The quantitative estimate of drug-likeness (QED) is 0.335. The molecule has 5 N–H and O–H groups in total. The molecule has 1 aliphatic heterocycles. The zero-order chi connectivity index (χ0) is 27.2.